The Hall–Kier alpha value is -0.560. The average molecular weight is 124 g/mol. The van der Waals surface area contributed by atoms with E-state index in [0.29, 0.717) is 12.5 Å². The van der Waals surface area contributed by atoms with Crippen molar-refractivity contribution in [3.63, 3.8) is 0 Å². The van der Waals surface area contributed by atoms with E-state index in [1.807, 2.05) is 0 Å². The zero-order valence-corrected chi connectivity index (χ0v) is 5.67. The molecule has 0 saturated carbocycles. The van der Waals surface area contributed by atoms with Crippen LogP contribution in [0, 0.1) is 5.92 Å². The molecule has 0 saturated heterocycles. The molecule has 0 spiro atoms. The standard InChI is InChI=1S/C8H12O/c1-7-3-2-4-8(7)5-6-9/h2-4,8-9H,5-6H2,1H3. The first-order chi connectivity index (χ1) is 4.34. The Morgan fingerprint density at radius 1 is 1.67 bits per heavy atom. The third-order valence-corrected chi connectivity index (χ3v) is 1.73. The summed E-state index contributed by atoms with van der Waals surface area (Å²) in [4.78, 5) is 0. The van der Waals surface area contributed by atoms with Crippen molar-refractivity contribution in [2.75, 3.05) is 6.61 Å². The Balaban J connectivity index is 2.43. The first-order valence-electron chi connectivity index (χ1n) is 3.30. The fourth-order valence-electron chi connectivity index (χ4n) is 1.08. The van der Waals surface area contributed by atoms with Gasteiger partial charge < -0.3 is 5.11 Å². The molecule has 0 amide bonds. The summed E-state index contributed by atoms with van der Waals surface area (Å²) < 4.78 is 0. The molecule has 1 aliphatic rings. The van der Waals surface area contributed by atoms with Gasteiger partial charge in [-0.2, -0.15) is 0 Å². The molecule has 0 bridgehead atoms. The van der Waals surface area contributed by atoms with E-state index in [9.17, 15) is 0 Å². The SMILES string of the molecule is CC1=CC=CC1CCO. The van der Waals surface area contributed by atoms with Crippen molar-refractivity contribution in [3.05, 3.63) is 23.8 Å². The third kappa shape index (κ3) is 1.42. The monoisotopic (exact) mass is 124 g/mol. The number of allylic oxidation sites excluding steroid dienone is 4. The number of rotatable bonds is 2. The van der Waals surface area contributed by atoms with Crippen LogP contribution in [0.5, 0.6) is 0 Å². The fourth-order valence-corrected chi connectivity index (χ4v) is 1.08. The Bertz CT molecular complexity index is 145. The van der Waals surface area contributed by atoms with Crippen LogP contribution in [0.15, 0.2) is 23.8 Å². The van der Waals surface area contributed by atoms with Gasteiger partial charge in [0.25, 0.3) is 0 Å². The summed E-state index contributed by atoms with van der Waals surface area (Å²) in [5.41, 5.74) is 1.36. The Morgan fingerprint density at radius 3 is 2.89 bits per heavy atom. The molecule has 0 aliphatic heterocycles. The normalized spacial score (nSPS) is 24.7. The molecular formula is C8H12O. The minimum absolute atomic E-state index is 0.292. The summed E-state index contributed by atoms with van der Waals surface area (Å²) in [5, 5.41) is 8.58. The minimum atomic E-state index is 0.292. The predicted molar refractivity (Wildman–Crippen MR) is 38.1 cm³/mol. The molecule has 1 heteroatoms. The second-order valence-electron chi connectivity index (χ2n) is 2.41. The van der Waals surface area contributed by atoms with Gasteiger partial charge in [0.2, 0.25) is 0 Å². The zero-order chi connectivity index (χ0) is 6.69. The third-order valence-electron chi connectivity index (χ3n) is 1.73. The highest BCUT2D eigenvalue weighted by Gasteiger charge is 2.08. The van der Waals surface area contributed by atoms with Gasteiger partial charge in [0.05, 0.1) is 0 Å². The van der Waals surface area contributed by atoms with Gasteiger partial charge in [0, 0.05) is 12.5 Å². The van der Waals surface area contributed by atoms with Crippen LogP contribution in [0.2, 0.25) is 0 Å². The highest BCUT2D eigenvalue weighted by molar-refractivity contribution is 5.25. The summed E-state index contributed by atoms with van der Waals surface area (Å²) in [5.74, 6) is 0.509. The smallest absolute Gasteiger partial charge is 0.0439 e. The van der Waals surface area contributed by atoms with E-state index < -0.39 is 0 Å². The van der Waals surface area contributed by atoms with Crippen molar-refractivity contribution in [2.45, 2.75) is 13.3 Å². The molecule has 0 radical (unpaired) electrons. The Kier molecular flexibility index (Phi) is 2.06. The second kappa shape index (κ2) is 2.83. The van der Waals surface area contributed by atoms with Crippen LogP contribution in [-0.4, -0.2) is 11.7 Å². The molecule has 0 heterocycles. The fraction of sp³-hybridized carbons (Fsp3) is 0.500. The van der Waals surface area contributed by atoms with Crippen molar-refractivity contribution < 1.29 is 5.11 Å². The molecule has 1 nitrogen and oxygen atoms in total. The topological polar surface area (TPSA) is 20.2 Å². The van der Waals surface area contributed by atoms with E-state index in [4.69, 9.17) is 5.11 Å². The van der Waals surface area contributed by atoms with Crippen LogP contribution < -0.4 is 0 Å². The van der Waals surface area contributed by atoms with Gasteiger partial charge in [-0.25, -0.2) is 0 Å². The van der Waals surface area contributed by atoms with Crippen LogP contribution in [0.25, 0.3) is 0 Å². The molecule has 0 aromatic heterocycles. The molecule has 1 N–H and O–H groups in total. The van der Waals surface area contributed by atoms with Gasteiger partial charge in [0.15, 0.2) is 0 Å². The summed E-state index contributed by atoms with van der Waals surface area (Å²) >= 11 is 0. The van der Waals surface area contributed by atoms with E-state index in [-0.39, 0.29) is 0 Å². The highest BCUT2D eigenvalue weighted by Crippen LogP contribution is 2.20. The molecule has 0 aromatic rings. The van der Waals surface area contributed by atoms with Gasteiger partial charge in [-0.15, -0.1) is 0 Å². The lowest BCUT2D eigenvalue weighted by Crippen LogP contribution is -1.97. The Labute approximate surface area is 55.7 Å². The quantitative estimate of drug-likeness (QED) is 0.591. The van der Waals surface area contributed by atoms with Crippen molar-refractivity contribution in [1.29, 1.82) is 0 Å². The van der Waals surface area contributed by atoms with E-state index in [1.165, 1.54) is 5.57 Å². The number of aliphatic hydroxyl groups excluding tert-OH is 1. The van der Waals surface area contributed by atoms with Crippen LogP contribution in [0.3, 0.4) is 0 Å². The molecule has 1 unspecified atom stereocenters. The number of hydrogen-bond donors (Lipinski definition) is 1. The minimum Gasteiger partial charge on any atom is -0.396 e. The Morgan fingerprint density at radius 2 is 2.44 bits per heavy atom. The average Bonchev–Trinajstić information content (AvgIpc) is 2.18. The van der Waals surface area contributed by atoms with Crippen LogP contribution in [0.4, 0.5) is 0 Å². The van der Waals surface area contributed by atoms with E-state index in [2.05, 4.69) is 25.2 Å². The summed E-state index contributed by atoms with van der Waals surface area (Å²) in [6.45, 7) is 2.39. The van der Waals surface area contributed by atoms with Gasteiger partial charge in [-0.05, 0) is 13.3 Å². The van der Waals surface area contributed by atoms with E-state index >= 15 is 0 Å². The van der Waals surface area contributed by atoms with Crippen molar-refractivity contribution in [2.24, 2.45) is 5.92 Å². The lowest BCUT2D eigenvalue weighted by molar-refractivity contribution is 0.277. The molecule has 1 atom stereocenters. The lowest BCUT2D eigenvalue weighted by atomic mass is 10.0. The molecule has 50 valence electrons. The van der Waals surface area contributed by atoms with Gasteiger partial charge >= 0.3 is 0 Å². The van der Waals surface area contributed by atoms with Crippen molar-refractivity contribution in [1.82, 2.24) is 0 Å². The van der Waals surface area contributed by atoms with Gasteiger partial charge in [0.1, 0.15) is 0 Å². The molecule has 9 heavy (non-hydrogen) atoms. The zero-order valence-electron chi connectivity index (χ0n) is 5.67. The van der Waals surface area contributed by atoms with Gasteiger partial charge in [-0.1, -0.05) is 23.8 Å². The predicted octanol–water partition coefficient (Wildman–Crippen LogP) is 1.50. The number of hydrogen-bond acceptors (Lipinski definition) is 1. The highest BCUT2D eigenvalue weighted by atomic mass is 16.3. The molecule has 1 rings (SSSR count). The maximum atomic E-state index is 8.58. The summed E-state index contributed by atoms with van der Waals surface area (Å²) in [6.07, 6.45) is 7.15. The largest absolute Gasteiger partial charge is 0.396 e. The second-order valence-corrected chi connectivity index (χ2v) is 2.41. The molecule has 0 fully saturated rings. The van der Waals surface area contributed by atoms with E-state index in [0.717, 1.165) is 6.42 Å². The van der Waals surface area contributed by atoms with E-state index in [1.54, 1.807) is 0 Å². The maximum Gasteiger partial charge on any atom is 0.0439 e. The molecule has 0 aromatic carbocycles. The maximum absolute atomic E-state index is 8.58. The van der Waals surface area contributed by atoms with Crippen LogP contribution in [-0.2, 0) is 0 Å². The first-order valence-corrected chi connectivity index (χ1v) is 3.30. The van der Waals surface area contributed by atoms with Crippen LogP contribution in [0.1, 0.15) is 13.3 Å². The summed E-state index contributed by atoms with van der Waals surface area (Å²) in [6, 6.07) is 0. The summed E-state index contributed by atoms with van der Waals surface area (Å²) in [7, 11) is 0. The first kappa shape index (κ1) is 6.56. The lowest BCUT2D eigenvalue weighted by Gasteiger charge is -2.05. The van der Waals surface area contributed by atoms with Crippen molar-refractivity contribution in [3.8, 4) is 0 Å². The van der Waals surface area contributed by atoms with Crippen LogP contribution >= 0.6 is 0 Å². The van der Waals surface area contributed by atoms with Gasteiger partial charge in [-0.3, -0.25) is 0 Å². The molecular weight excluding hydrogens is 112 g/mol. The molecule has 1 aliphatic carbocycles. The number of aliphatic hydroxyl groups is 1. The van der Waals surface area contributed by atoms with Crippen molar-refractivity contribution >= 4 is 0 Å².